The number of nitrogens with two attached hydrogens (primary N) is 1. The molecule has 0 saturated carbocycles. The number of hydrogen-bond acceptors (Lipinski definition) is 2. The molecule has 0 bridgehead atoms. The van der Waals surface area contributed by atoms with Crippen LogP contribution < -0.4 is 5.73 Å². The van der Waals surface area contributed by atoms with Crippen LogP contribution in [0.5, 0.6) is 0 Å². The number of halogens is 2. The third-order valence-corrected chi connectivity index (χ3v) is 3.45. The van der Waals surface area contributed by atoms with E-state index in [0.717, 1.165) is 4.90 Å². The predicted molar refractivity (Wildman–Crippen MR) is 61.0 cm³/mol. The summed E-state index contributed by atoms with van der Waals surface area (Å²) < 4.78 is 0. The molecule has 0 spiro atoms. The molecule has 1 aromatic rings. The summed E-state index contributed by atoms with van der Waals surface area (Å²) in [5, 5.41) is 0.854. The van der Waals surface area contributed by atoms with Gasteiger partial charge in [0.05, 0.1) is 10.3 Å². The van der Waals surface area contributed by atoms with Gasteiger partial charge in [0, 0.05) is 9.92 Å². The molecule has 1 atom stereocenters. The van der Waals surface area contributed by atoms with Crippen LogP contribution >= 0.6 is 35.0 Å². The highest BCUT2D eigenvalue weighted by Crippen LogP contribution is 2.32. The van der Waals surface area contributed by atoms with E-state index in [9.17, 15) is 4.79 Å². The molecule has 0 radical (unpaired) electrons. The molecule has 0 aliphatic rings. The fourth-order valence-electron chi connectivity index (χ4n) is 0.816. The molecular formula is C9H9Cl2NOS. The van der Waals surface area contributed by atoms with E-state index < -0.39 is 0 Å². The molecule has 76 valence electrons. The number of carbonyl (C=O) groups excluding carboxylic acids is 1. The Hall–Kier alpha value is -0.380. The van der Waals surface area contributed by atoms with Crippen molar-refractivity contribution in [2.24, 2.45) is 5.73 Å². The van der Waals surface area contributed by atoms with Gasteiger partial charge in [-0.2, -0.15) is 0 Å². The number of amides is 1. The summed E-state index contributed by atoms with van der Waals surface area (Å²) in [5.41, 5.74) is 5.14. The Kier molecular flexibility index (Phi) is 4.11. The molecule has 2 N–H and O–H groups in total. The van der Waals surface area contributed by atoms with Crippen LogP contribution in [0.25, 0.3) is 0 Å². The van der Waals surface area contributed by atoms with Gasteiger partial charge in [-0.25, -0.2) is 0 Å². The van der Waals surface area contributed by atoms with Crippen molar-refractivity contribution in [3.8, 4) is 0 Å². The number of rotatable bonds is 3. The number of primary amides is 1. The normalized spacial score (nSPS) is 12.5. The first-order valence-corrected chi connectivity index (χ1v) is 5.55. The molecule has 0 aromatic heterocycles. The van der Waals surface area contributed by atoms with Crippen molar-refractivity contribution in [3.05, 3.63) is 28.2 Å². The first-order valence-electron chi connectivity index (χ1n) is 3.91. The Morgan fingerprint density at radius 3 is 2.71 bits per heavy atom. The lowest BCUT2D eigenvalue weighted by Gasteiger charge is -2.08. The lowest BCUT2D eigenvalue weighted by atomic mass is 10.4. The van der Waals surface area contributed by atoms with Crippen LogP contribution in [0.15, 0.2) is 23.1 Å². The summed E-state index contributed by atoms with van der Waals surface area (Å²) in [5.74, 6) is -0.369. The van der Waals surface area contributed by atoms with Crippen molar-refractivity contribution in [2.45, 2.75) is 17.1 Å². The maximum atomic E-state index is 10.8. The number of benzene rings is 1. The topological polar surface area (TPSA) is 43.1 Å². The van der Waals surface area contributed by atoms with Gasteiger partial charge in [-0.3, -0.25) is 4.79 Å². The van der Waals surface area contributed by atoms with Gasteiger partial charge in [-0.05, 0) is 25.1 Å². The van der Waals surface area contributed by atoms with Crippen LogP contribution in [-0.4, -0.2) is 11.2 Å². The molecule has 14 heavy (non-hydrogen) atoms. The van der Waals surface area contributed by atoms with Crippen LogP contribution in [0.3, 0.4) is 0 Å². The second-order valence-electron chi connectivity index (χ2n) is 2.74. The van der Waals surface area contributed by atoms with E-state index in [2.05, 4.69) is 0 Å². The molecular weight excluding hydrogens is 241 g/mol. The summed E-state index contributed by atoms with van der Waals surface area (Å²) in [7, 11) is 0. The fourth-order valence-corrected chi connectivity index (χ4v) is 2.18. The van der Waals surface area contributed by atoms with Crippen LogP contribution in [0.4, 0.5) is 0 Å². The zero-order valence-corrected chi connectivity index (χ0v) is 9.79. The third kappa shape index (κ3) is 3.08. The summed E-state index contributed by atoms with van der Waals surface area (Å²) >= 11 is 13.0. The largest absolute Gasteiger partial charge is 0.369 e. The Labute approximate surface area is 96.8 Å². The minimum Gasteiger partial charge on any atom is -0.369 e. The molecule has 0 fully saturated rings. The second-order valence-corrected chi connectivity index (χ2v) is 4.96. The average molecular weight is 250 g/mol. The molecule has 0 saturated heterocycles. The van der Waals surface area contributed by atoms with Crippen molar-refractivity contribution in [3.63, 3.8) is 0 Å². The Bertz CT molecular complexity index is 357. The number of thioether (sulfide) groups is 1. The quantitative estimate of drug-likeness (QED) is 0.838. The van der Waals surface area contributed by atoms with E-state index >= 15 is 0 Å². The lowest BCUT2D eigenvalue weighted by molar-refractivity contribution is -0.117. The highest BCUT2D eigenvalue weighted by Gasteiger charge is 2.12. The van der Waals surface area contributed by atoms with Gasteiger partial charge < -0.3 is 5.73 Å². The van der Waals surface area contributed by atoms with Crippen molar-refractivity contribution in [2.75, 3.05) is 0 Å². The van der Waals surface area contributed by atoms with Crippen LogP contribution in [0.1, 0.15) is 6.92 Å². The van der Waals surface area contributed by atoms with E-state index in [1.54, 1.807) is 25.1 Å². The molecule has 5 heteroatoms. The Balaban J connectivity index is 2.85. The van der Waals surface area contributed by atoms with Crippen LogP contribution in [-0.2, 0) is 4.79 Å². The third-order valence-electron chi connectivity index (χ3n) is 1.60. The van der Waals surface area contributed by atoms with Gasteiger partial charge in [-0.15, -0.1) is 11.8 Å². The molecule has 0 unspecified atom stereocenters. The zero-order valence-electron chi connectivity index (χ0n) is 7.46. The maximum Gasteiger partial charge on any atom is 0.230 e. The summed E-state index contributed by atoms with van der Waals surface area (Å²) in [6.07, 6.45) is 0. The minimum atomic E-state index is -0.369. The van der Waals surface area contributed by atoms with Crippen molar-refractivity contribution >= 4 is 40.9 Å². The highest BCUT2D eigenvalue weighted by molar-refractivity contribution is 8.00. The van der Waals surface area contributed by atoms with Gasteiger partial charge in [0.15, 0.2) is 0 Å². The molecule has 0 aliphatic heterocycles. The highest BCUT2D eigenvalue weighted by atomic mass is 35.5. The number of carbonyl (C=O) groups is 1. The van der Waals surface area contributed by atoms with Crippen molar-refractivity contribution in [1.29, 1.82) is 0 Å². The molecule has 0 aliphatic carbocycles. The molecule has 1 amide bonds. The Morgan fingerprint density at radius 1 is 1.50 bits per heavy atom. The first-order chi connectivity index (χ1) is 6.50. The molecule has 0 heterocycles. The number of hydrogen-bond donors (Lipinski definition) is 1. The van der Waals surface area contributed by atoms with Gasteiger partial charge >= 0.3 is 0 Å². The average Bonchev–Trinajstić information content (AvgIpc) is 2.11. The Morgan fingerprint density at radius 2 is 2.14 bits per heavy atom. The smallest absolute Gasteiger partial charge is 0.230 e. The molecule has 1 aromatic carbocycles. The maximum absolute atomic E-state index is 10.8. The van der Waals surface area contributed by atoms with E-state index in [1.165, 1.54) is 11.8 Å². The lowest BCUT2D eigenvalue weighted by Crippen LogP contribution is -2.22. The molecule has 1 rings (SSSR count). The fraction of sp³-hybridized carbons (Fsp3) is 0.222. The van der Waals surface area contributed by atoms with E-state index in [-0.39, 0.29) is 11.2 Å². The van der Waals surface area contributed by atoms with Gasteiger partial charge in [0.1, 0.15) is 0 Å². The van der Waals surface area contributed by atoms with Gasteiger partial charge in [-0.1, -0.05) is 23.2 Å². The zero-order chi connectivity index (χ0) is 10.7. The van der Waals surface area contributed by atoms with Gasteiger partial charge in [0.25, 0.3) is 0 Å². The predicted octanol–water partition coefficient (Wildman–Crippen LogP) is 2.96. The van der Waals surface area contributed by atoms with E-state index in [1.807, 2.05) is 0 Å². The van der Waals surface area contributed by atoms with E-state index in [0.29, 0.717) is 10.0 Å². The summed E-state index contributed by atoms with van der Waals surface area (Å²) in [4.78, 5) is 11.6. The summed E-state index contributed by atoms with van der Waals surface area (Å²) in [6, 6.07) is 5.11. The van der Waals surface area contributed by atoms with Crippen molar-refractivity contribution in [1.82, 2.24) is 0 Å². The summed E-state index contributed by atoms with van der Waals surface area (Å²) in [6.45, 7) is 1.73. The molecule has 2 nitrogen and oxygen atoms in total. The standard InChI is InChI=1S/C9H9Cl2NOS/c1-5(9(12)13)14-8-4-6(10)2-3-7(8)11/h2-5H,1H3,(H2,12,13)/t5-/m0/s1. The first kappa shape index (κ1) is 11.7. The van der Waals surface area contributed by atoms with Crippen LogP contribution in [0.2, 0.25) is 10.0 Å². The van der Waals surface area contributed by atoms with Gasteiger partial charge in [0.2, 0.25) is 5.91 Å². The van der Waals surface area contributed by atoms with E-state index in [4.69, 9.17) is 28.9 Å². The second kappa shape index (κ2) is 4.91. The SMILES string of the molecule is C[C@H](Sc1cc(Cl)ccc1Cl)C(N)=O. The van der Waals surface area contributed by atoms with Crippen LogP contribution in [0, 0.1) is 0 Å². The minimum absolute atomic E-state index is 0.314. The van der Waals surface area contributed by atoms with Crippen molar-refractivity contribution < 1.29 is 4.79 Å². The monoisotopic (exact) mass is 249 g/mol.